The summed E-state index contributed by atoms with van der Waals surface area (Å²) in [5, 5.41) is 0. The number of amides is 2. The molecule has 3 heterocycles. The molecule has 8 nitrogen and oxygen atoms in total. The standard InChI is InChI=1S/C23H31N5O3/c1-16(2)7-9-28-17(3)18(22(24)30)14-20(28)21(29)15-26-10-12-27(13-11-26)23(31)19-6-4-5-8-25-19/h4-6,8,14,16H,7,9-13,15H2,1-3H3,(H2,24,30). The first-order valence-corrected chi connectivity index (χ1v) is 10.7. The van der Waals surface area contributed by atoms with Crippen molar-refractivity contribution in [2.45, 2.75) is 33.7 Å². The van der Waals surface area contributed by atoms with Crippen molar-refractivity contribution in [3.05, 3.63) is 53.1 Å². The van der Waals surface area contributed by atoms with E-state index in [0.29, 0.717) is 55.6 Å². The van der Waals surface area contributed by atoms with E-state index in [9.17, 15) is 14.4 Å². The van der Waals surface area contributed by atoms with Gasteiger partial charge in [-0.05, 0) is 37.5 Å². The molecular weight excluding hydrogens is 394 g/mol. The van der Waals surface area contributed by atoms with Gasteiger partial charge in [0.05, 0.1) is 17.8 Å². The fourth-order valence-electron chi connectivity index (χ4n) is 3.85. The van der Waals surface area contributed by atoms with Gasteiger partial charge >= 0.3 is 0 Å². The number of carbonyl (C=O) groups is 3. The lowest BCUT2D eigenvalue weighted by Crippen LogP contribution is -2.50. The second-order valence-electron chi connectivity index (χ2n) is 8.43. The van der Waals surface area contributed by atoms with E-state index in [1.807, 2.05) is 16.4 Å². The van der Waals surface area contributed by atoms with Crippen LogP contribution in [0.2, 0.25) is 0 Å². The quantitative estimate of drug-likeness (QED) is 0.652. The van der Waals surface area contributed by atoms with Crippen molar-refractivity contribution >= 4 is 17.6 Å². The zero-order valence-electron chi connectivity index (χ0n) is 18.5. The summed E-state index contributed by atoms with van der Waals surface area (Å²) >= 11 is 0. The van der Waals surface area contributed by atoms with E-state index in [1.165, 1.54) is 0 Å². The zero-order valence-corrected chi connectivity index (χ0v) is 18.5. The van der Waals surface area contributed by atoms with Gasteiger partial charge in [0, 0.05) is 44.6 Å². The van der Waals surface area contributed by atoms with E-state index in [4.69, 9.17) is 5.73 Å². The summed E-state index contributed by atoms with van der Waals surface area (Å²) in [7, 11) is 0. The maximum absolute atomic E-state index is 13.1. The van der Waals surface area contributed by atoms with Crippen LogP contribution in [0.15, 0.2) is 30.5 Å². The van der Waals surface area contributed by atoms with E-state index >= 15 is 0 Å². The third kappa shape index (κ3) is 5.38. The van der Waals surface area contributed by atoms with Crippen molar-refractivity contribution in [2.75, 3.05) is 32.7 Å². The second kappa shape index (κ2) is 9.87. The number of carbonyl (C=O) groups excluding carboxylic acids is 3. The molecule has 1 aliphatic heterocycles. The molecule has 2 aromatic heterocycles. The molecule has 3 rings (SSSR count). The molecule has 0 unspecified atom stereocenters. The molecule has 0 aromatic carbocycles. The van der Waals surface area contributed by atoms with Gasteiger partial charge in [-0.15, -0.1) is 0 Å². The number of ketones is 1. The molecule has 0 bridgehead atoms. The lowest BCUT2D eigenvalue weighted by Gasteiger charge is -2.34. The highest BCUT2D eigenvalue weighted by Crippen LogP contribution is 2.19. The molecule has 166 valence electrons. The Morgan fingerprint density at radius 1 is 1.13 bits per heavy atom. The molecule has 0 saturated carbocycles. The molecule has 1 fully saturated rings. The maximum Gasteiger partial charge on any atom is 0.272 e. The molecule has 0 aliphatic carbocycles. The van der Waals surface area contributed by atoms with Crippen molar-refractivity contribution in [2.24, 2.45) is 11.7 Å². The first kappa shape index (κ1) is 22.7. The summed E-state index contributed by atoms with van der Waals surface area (Å²) in [6.07, 6.45) is 2.52. The van der Waals surface area contributed by atoms with Gasteiger partial charge in [-0.25, -0.2) is 0 Å². The van der Waals surface area contributed by atoms with E-state index in [1.54, 1.807) is 35.4 Å². The Bertz CT molecular complexity index is 944. The molecule has 1 aliphatic rings. The molecule has 0 spiro atoms. The minimum absolute atomic E-state index is 0.0381. The number of primary amides is 1. The monoisotopic (exact) mass is 425 g/mol. The van der Waals surface area contributed by atoms with Crippen LogP contribution in [0.1, 0.15) is 57.3 Å². The summed E-state index contributed by atoms with van der Waals surface area (Å²) in [6, 6.07) is 6.91. The van der Waals surface area contributed by atoms with E-state index in [-0.39, 0.29) is 18.2 Å². The summed E-state index contributed by atoms with van der Waals surface area (Å²) in [5.74, 6) is -0.164. The zero-order chi connectivity index (χ0) is 22.5. The number of nitrogens with two attached hydrogens (primary N) is 1. The van der Waals surface area contributed by atoms with Gasteiger partial charge in [0.2, 0.25) is 0 Å². The van der Waals surface area contributed by atoms with E-state index in [0.717, 1.165) is 12.1 Å². The summed E-state index contributed by atoms with van der Waals surface area (Å²) in [5.41, 5.74) is 7.61. The fourth-order valence-corrected chi connectivity index (χ4v) is 3.85. The van der Waals surface area contributed by atoms with Crippen LogP contribution in [0.25, 0.3) is 0 Å². The first-order valence-electron chi connectivity index (χ1n) is 10.7. The van der Waals surface area contributed by atoms with E-state index < -0.39 is 5.91 Å². The predicted molar refractivity (Wildman–Crippen MR) is 118 cm³/mol. The Kier molecular flexibility index (Phi) is 7.22. The molecule has 2 N–H and O–H groups in total. The molecule has 2 aromatic rings. The third-order valence-electron chi connectivity index (χ3n) is 5.76. The Labute approximate surface area is 183 Å². The Morgan fingerprint density at radius 2 is 1.84 bits per heavy atom. The van der Waals surface area contributed by atoms with E-state index in [2.05, 4.69) is 18.8 Å². The van der Waals surface area contributed by atoms with Crippen LogP contribution in [0.4, 0.5) is 0 Å². The topological polar surface area (TPSA) is 102 Å². The summed E-state index contributed by atoms with van der Waals surface area (Å²) in [4.78, 5) is 45.4. The molecule has 31 heavy (non-hydrogen) atoms. The number of hydrogen-bond acceptors (Lipinski definition) is 5. The van der Waals surface area contributed by atoms with Crippen molar-refractivity contribution in [3.8, 4) is 0 Å². The summed E-state index contributed by atoms with van der Waals surface area (Å²) in [6.45, 7) is 9.31. The number of piperazine rings is 1. The van der Waals surface area contributed by atoms with Crippen LogP contribution < -0.4 is 5.73 Å². The number of Topliss-reactive ketones (excluding diaryl/α,β-unsaturated/α-hetero) is 1. The van der Waals surface area contributed by atoms with Gasteiger partial charge in [0.15, 0.2) is 5.78 Å². The Hall–Kier alpha value is -3.00. The van der Waals surface area contributed by atoms with Crippen molar-refractivity contribution in [1.29, 1.82) is 0 Å². The lowest BCUT2D eigenvalue weighted by molar-refractivity contribution is 0.0617. The highest BCUT2D eigenvalue weighted by atomic mass is 16.2. The van der Waals surface area contributed by atoms with Gasteiger partial charge < -0.3 is 15.2 Å². The van der Waals surface area contributed by atoms with Crippen molar-refractivity contribution < 1.29 is 14.4 Å². The minimum atomic E-state index is -0.517. The number of nitrogens with zero attached hydrogens (tertiary/aromatic N) is 4. The summed E-state index contributed by atoms with van der Waals surface area (Å²) < 4.78 is 1.92. The lowest BCUT2D eigenvalue weighted by atomic mass is 10.1. The molecule has 0 radical (unpaired) electrons. The number of hydrogen-bond donors (Lipinski definition) is 1. The SMILES string of the molecule is Cc1c(C(N)=O)cc(C(=O)CN2CCN(C(=O)c3ccccn3)CC2)n1CCC(C)C. The van der Waals surface area contributed by atoms with Crippen molar-refractivity contribution in [1.82, 2.24) is 19.4 Å². The van der Waals surface area contributed by atoms with Crippen LogP contribution in [-0.4, -0.2) is 69.7 Å². The minimum Gasteiger partial charge on any atom is -0.366 e. The number of rotatable bonds is 8. The second-order valence-corrected chi connectivity index (χ2v) is 8.43. The van der Waals surface area contributed by atoms with Crippen molar-refractivity contribution in [3.63, 3.8) is 0 Å². The van der Waals surface area contributed by atoms with Crippen LogP contribution in [-0.2, 0) is 6.54 Å². The normalized spacial score (nSPS) is 14.8. The average molecular weight is 426 g/mol. The highest BCUT2D eigenvalue weighted by molar-refractivity contribution is 6.01. The molecule has 0 atom stereocenters. The van der Waals surface area contributed by atoms with Gasteiger partial charge in [-0.2, -0.15) is 0 Å². The number of aromatic nitrogens is 2. The maximum atomic E-state index is 13.1. The van der Waals surface area contributed by atoms with Crippen LogP contribution >= 0.6 is 0 Å². The van der Waals surface area contributed by atoms with Gasteiger partial charge in [-0.1, -0.05) is 19.9 Å². The molecule has 8 heteroatoms. The van der Waals surface area contributed by atoms with Gasteiger partial charge in [-0.3, -0.25) is 24.3 Å². The predicted octanol–water partition coefficient (Wildman–Crippen LogP) is 1.98. The Balaban J connectivity index is 1.65. The largest absolute Gasteiger partial charge is 0.366 e. The van der Waals surface area contributed by atoms with Crippen LogP contribution in [0.5, 0.6) is 0 Å². The van der Waals surface area contributed by atoms with Gasteiger partial charge in [0.1, 0.15) is 5.69 Å². The highest BCUT2D eigenvalue weighted by Gasteiger charge is 2.26. The average Bonchev–Trinajstić information content (AvgIpc) is 3.09. The number of pyridine rings is 1. The third-order valence-corrected chi connectivity index (χ3v) is 5.76. The van der Waals surface area contributed by atoms with Gasteiger partial charge in [0.25, 0.3) is 11.8 Å². The smallest absolute Gasteiger partial charge is 0.272 e. The van der Waals surface area contributed by atoms with Crippen LogP contribution in [0.3, 0.4) is 0 Å². The molecular formula is C23H31N5O3. The molecule has 1 saturated heterocycles. The van der Waals surface area contributed by atoms with Crippen LogP contribution in [0, 0.1) is 12.8 Å². The fraction of sp³-hybridized carbons (Fsp3) is 0.478. The molecule has 2 amide bonds. The Morgan fingerprint density at radius 3 is 2.42 bits per heavy atom. The first-order chi connectivity index (χ1) is 14.8.